The molecule has 5 heteroatoms. The largest absolute Gasteiger partial charge is 0.342 e. The minimum Gasteiger partial charge on any atom is -0.342 e. The van der Waals surface area contributed by atoms with Crippen molar-refractivity contribution in [1.82, 2.24) is 10.2 Å². The molecule has 3 nitrogen and oxygen atoms in total. The van der Waals surface area contributed by atoms with Crippen LogP contribution in [0.5, 0.6) is 0 Å². The van der Waals surface area contributed by atoms with Gasteiger partial charge in [-0.25, -0.2) is 0 Å². The fraction of sp³-hybridized carbons (Fsp3) is 0.722. The maximum atomic E-state index is 13.4. The Kier molecular flexibility index (Phi) is 6.93. The number of piperidine rings is 1. The molecule has 1 aromatic heterocycles. The molecule has 1 aliphatic carbocycles. The highest BCUT2D eigenvalue weighted by Crippen LogP contribution is 2.43. The van der Waals surface area contributed by atoms with Crippen molar-refractivity contribution < 1.29 is 4.79 Å². The van der Waals surface area contributed by atoms with E-state index in [-0.39, 0.29) is 17.8 Å². The molecule has 1 aromatic rings. The quantitative estimate of drug-likeness (QED) is 0.889. The van der Waals surface area contributed by atoms with Crippen LogP contribution in [0.4, 0.5) is 0 Å². The van der Waals surface area contributed by atoms with Crippen molar-refractivity contribution in [2.24, 2.45) is 5.92 Å². The van der Waals surface area contributed by atoms with Crippen molar-refractivity contribution >= 4 is 29.7 Å². The summed E-state index contributed by atoms with van der Waals surface area (Å²) in [4.78, 5) is 16.9. The molecule has 1 saturated carbocycles. The highest BCUT2D eigenvalue weighted by molar-refractivity contribution is 7.10. The summed E-state index contributed by atoms with van der Waals surface area (Å²) in [6.07, 6.45) is 8.14. The third kappa shape index (κ3) is 3.92. The van der Waals surface area contributed by atoms with Gasteiger partial charge in [0.15, 0.2) is 0 Å². The molecule has 1 aliphatic heterocycles. The van der Waals surface area contributed by atoms with Gasteiger partial charge in [0.25, 0.3) is 0 Å². The molecule has 130 valence electrons. The minimum atomic E-state index is -0.214. The summed E-state index contributed by atoms with van der Waals surface area (Å²) in [5, 5.41) is 5.40. The minimum absolute atomic E-state index is 0. The van der Waals surface area contributed by atoms with Crippen LogP contribution < -0.4 is 5.32 Å². The predicted octanol–water partition coefficient (Wildman–Crippen LogP) is 3.83. The molecule has 0 radical (unpaired) electrons. The lowest BCUT2D eigenvalue weighted by Gasteiger charge is -2.42. The summed E-state index contributed by atoms with van der Waals surface area (Å²) in [5.74, 6) is 1.03. The van der Waals surface area contributed by atoms with Crippen molar-refractivity contribution in [3.8, 4) is 0 Å². The number of nitrogens with one attached hydrogen (secondary N) is 1. The number of thiophene rings is 1. The standard InChI is InChI=1S/C18H28N2OS.ClH/c1-19-13-15-7-5-11-20(14-15)17(21)18(9-3-2-4-10-18)16-8-6-12-22-16;/h6,8,12,15,19H,2-5,7,9-11,13-14H2,1H3;1H. The van der Waals surface area contributed by atoms with Crippen LogP contribution in [0.2, 0.25) is 0 Å². The Hall–Kier alpha value is -0.580. The molecule has 0 bridgehead atoms. The molecule has 2 fully saturated rings. The van der Waals surface area contributed by atoms with E-state index in [2.05, 4.69) is 27.7 Å². The molecule has 1 unspecified atom stereocenters. The fourth-order valence-electron chi connectivity index (χ4n) is 4.28. The lowest BCUT2D eigenvalue weighted by atomic mass is 9.71. The molecule has 1 saturated heterocycles. The summed E-state index contributed by atoms with van der Waals surface area (Å²) < 4.78 is 0. The number of rotatable bonds is 4. The number of nitrogens with zero attached hydrogens (tertiary/aromatic N) is 1. The second kappa shape index (κ2) is 8.50. The van der Waals surface area contributed by atoms with E-state index in [1.807, 2.05) is 7.05 Å². The average Bonchev–Trinajstić information content (AvgIpc) is 3.10. The summed E-state index contributed by atoms with van der Waals surface area (Å²) in [6.45, 7) is 2.91. The summed E-state index contributed by atoms with van der Waals surface area (Å²) >= 11 is 1.77. The van der Waals surface area contributed by atoms with Crippen LogP contribution in [0.25, 0.3) is 0 Å². The summed E-state index contributed by atoms with van der Waals surface area (Å²) in [7, 11) is 2.01. The van der Waals surface area contributed by atoms with Gasteiger partial charge in [0.05, 0.1) is 5.41 Å². The third-order valence-corrected chi connectivity index (χ3v) is 6.48. The number of carbonyl (C=O) groups is 1. The molecule has 1 amide bonds. The number of hydrogen-bond donors (Lipinski definition) is 1. The van der Waals surface area contributed by atoms with Crippen LogP contribution >= 0.6 is 23.7 Å². The Morgan fingerprint density at radius 2 is 2.13 bits per heavy atom. The third-order valence-electron chi connectivity index (χ3n) is 5.41. The van der Waals surface area contributed by atoms with E-state index >= 15 is 0 Å². The van der Waals surface area contributed by atoms with Crippen molar-refractivity contribution in [2.75, 3.05) is 26.7 Å². The zero-order valence-electron chi connectivity index (χ0n) is 14.1. The van der Waals surface area contributed by atoms with Crippen LogP contribution in [0, 0.1) is 5.92 Å². The molecule has 2 aliphatic rings. The maximum absolute atomic E-state index is 13.4. The van der Waals surface area contributed by atoms with Crippen LogP contribution in [-0.4, -0.2) is 37.5 Å². The van der Waals surface area contributed by atoms with Crippen LogP contribution in [0.3, 0.4) is 0 Å². The first-order chi connectivity index (χ1) is 10.8. The van der Waals surface area contributed by atoms with E-state index in [1.165, 1.54) is 30.6 Å². The zero-order valence-corrected chi connectivity index (χ0v) is 15.7. The molecule has 23 heavy (non-hydrogen) atoms. The lowest BCUT2D eigenvalue weighted by Crippen LogP contribution is -2.51. The van der Waals surface area contributed by atoms with E-state index in [4.69, 9.17) is 0 Å². The lowest BCUT2D eigenvalue weighted by molar-refractivity contribution is -0.140. The monoisotopic (exact) mass is 356 g/mol. The molecular formula is C18H29ClN2OS. The topological polar surface area (TPSA) is 32.3 Å². The normalized spacial score (nSPS) is 24.0. The van der Waals surface area contributed by atoms with E-state index in [0.717, 1.165) is 38.9 Å². The van der Waals surface area contributed by atoms with E-state index in [1.54, 1.807) is 11.3 Å². The SMILES string of the molecule is CNCC1CCCN(C(=O)C2(c3cccs3)CCCCC2)C1.Cl. The Morgan fingerprint density at radius 3 is 2.78 bits per heavy atom. The van der Waals surface area contributed by atoms with E-state index in [0.29, 0.717) is 11.8 Å². The number of halogens is 1. The molecule has 0 aromatic carbocycles. The number of amides is 1. The second-order valence-electron chi connectivity index (χ2n) is 6.94. The summed E-state index contributed by atoms with van der Waals surface area (Å²) in [5.41, 5.74) is -0.214. The van der Waals surface area contributed by atoms with Crippen LogP contribution in [0.1, 0.15) is 49.8 Å². The van der Waals surface area contributed by atoms with Gasteiger partial charge in [-0.05, 0) is 56.6 Å². The predicted molar refractivity (Wildman–Crippen MR) is 99.6 cm³/mol. The van der Waals surface area contributed by atoms with Crippen LogP contribution in [0.15, 0.2) is 17.5 Å². The smallest absolute Gasteiger partial charge is 0.234 e. The first kappa shape index (κ1) is 18.8. The Bertz CT molecular complexity index is 483. The fourth-order valence-corrected chi connectivity index (χ4v) is 5.26. The van der Waals surface area contributed by atoms with Gasteiger partial charge in [0.1, 0.15) is 0 Å². The molecule has 2 heterocycles. The first-order valence-corrected chi connectivity index (χ1v) is 9.62. The van der Waals surface area contributed by atoms with Crippen molar-refractivity contribution in [3.63, 3.8) is 0 Å². The van der Waals surface area contributed by atoms with E-state index in [9.17, 15) is 4.79 Å². The maximum Gasteiger partial charge on any atom is 0.234 e. The first-order valence-electron chi connectivity index (χ1n) is 8.74. The number of likely N-dealkylation sites (tertiary alicyclic amines) is 1. The Morgan fingerprint density at radius 1 is 1.35 bits per heavy atom. The van der Waals surface area contributed by atoms with Gasteiger partial charge in [-0.2, -0.15) is 0 Å². The molecular weight excluding hydrogens is 328 g/mol. The number of carbonyl (C=O) groups excluding carboxylic acids is 1. The van der Waals surface area contributed by atoms with Crippen molar-refractivity contribution in [3.05, 3.63) is 22.4 Å². The highest BCUT2D eigenvalue weighted by Gasteiger charge is 2.44. The molecule has 1 N–H and O–H groups in total. The van der Waals surface area contributed by atoms with E-state index < -0.39 is 0 Å². The molecule has 0 spiro atoms. The van der Waals surface area contributed by atoms with Gasteiger partial charge in [0, 0.05) is 18.0 Å². The van der Waals surface area contributed by atoms with Crippen LogP contribution in [-0.2, 0) is 10.2 Å². The molecule has 1 atom stereocenters. The van der Waals surface area contributed by atoms with Crippen molar-refractivity contribution in [2.45, 2.75) is 50.4 Å². The van der Waals surface area contributed by atoms with Gasteiger partial charge in [0.2, 0.25) is 5.91 Å². The van der Waals surface area contributed by atoms with Gasteiger partial charge in [-0.15, -0.1) is 23.7 Å². The van der Waals surface area contributed by atoms with Gasteiger partial charge in [-0.1, -0.05) is 25.3 Å². The van der Waals surface area contributed by atoms with Crippen molar-refractivity contribution in [1.29, 1.82) is 0 Å². The van der Waals surface area contributed by atoms with Gasteiger partial charge < -0.3 is 10.2 Å². The zero-order chi connectivity index (χ0) is 15.4. The second-order valence-corrected chi connectivity index (χ2v) is 7.88. The average molecular weight is 357 g/mol. The Balaban J connectivity index is 0.00000192. The Labute approximate surface area is 150 Å². The summed E-state index contributed by atoms with van der Waals surface area (Å²) in [6, 6.07) is 4.28. The number of hydrogen-bond acceptors (Lipinski definition) is 3. The van der Waals surface area contributed by atoms with Gasteiger partial charge in [-0.3, -0.25) is 4.79 Å². The molecule has 3 rings (SSSR count). The highest BCUT2D eigenvalue weighted by atomic mass is 35.5. The van der Waals surface area contributed by atoms with Gasteiger partial charge >= 0.3 is 0 Å².